The van der Waals surface area contributed by atoms with E-state index in [2.05, 4.69) is 157 Å². The molecule has 2 aliphatic carbocycles. The molecule has 6 aliphatic rings. The zero-order valence-corrected chi connectivity index (χ0v) is 35.5. The third kappa shape index (κ3) is 4.02. The van der Waals surface area contributed by atoms with E-state index in [4.69, 9.17) is 0 Å². The molecule has 11 rings (SSSR count). The average Bonchev–Trinajstić information content (AvgIpc) is 3.50. The van der Waals surface area contributed by atoms with Gasteiger partial charge in [-0.3, -0.25) is 0 Å². The van der Waals surface area contributed by atoms with E-state index in [0.717, 1.165) is 0 Å². The summed E-state index contributed by atoms with van der Waals surface area (Å²) in [6.45, 7) is 24.6. The fourth-order valence-electron chi connectivity index (χ4n) is 14.0. The van der Waals surface area contributed by atoms with Crippen molar-refractivity contribution < 1.29 is 0 Å². The topological polar surface area (TPSA) is 9.72 Å². The van der Waals surface area contributed by atoms with Crippen molar-refractivity contribution in [1.29, 1.82) is 0 Å². The molecule has 5 aromatic rings. The van der Waals surface area contributed by atoms with Crippen molar-refractivity contribution in [2.75, 3.05) is 14.7 Å². The molecule has 3 nitrogen and oxygen atoms in total. The minimum absolute atomic E-state index is 0.0286. The molecule has 56 heavy (non-hydrogen) atoms. The van der Waals surface area contributed by atoms with Crippen molar-refractivity contribution in [3.8, 4) is 0 Å². The number of rotatable bonds is 2. The normalized spacial score (nSPS) is 27.8. The molecule has 4 atom stereocenters. The third-order valence-electron chi connectivity index (χ3n) is 16.8. The van der Waals surface area contributed by atoms with E-state index in [-0.39, 0.29) is 28.6 Å². The minimum atomic E-state index is -0.0377. The van der Waals surface area contributed by atoms with E-state index >= 15 is 0 Å². The van der Waals surface area contributed by atoms with E-state index in [1.54, 1.807) is 16.6 Å². The highest BCUT2D eigenvalue weighted by Gasteiger charge is 2.63. The van der Waals surface area contributed by atoms with Crippen LogP contribution in [0.1, 0.15) is 124 Å². The molecule has 0 N–H and O–H groups in total. The second-order valence-corrected chi connectivity index (χ2v) is 20.0. The molecule has 0 amide bonds. The molecule has 284 valence electrons. The molecular formula is C52H58BN3. The molecule has 0 saturated heterocycles. The van der Waals surface area contributed by atoms with E-state index in [1.165, 1.54) is 135 Å². The number of hydrogen-bond acceptors (Lipinski definition) is 3. The summed E-state index contributed by atoms with van der Waals surface area (Å²) in [4.78, 5) is 8.45. The maximum absolute atomic E-state index is 2.95. The van der Waals surface area contributed by atoms with Gasteiger partial charge in [0.2, 0.25) is 0 Å². The zero-order valence-electron chi connectivity index (χ0n) is 35.5. The van der Waals surface area contributed by atoms with E-state index < -0.39 is 0 Å². The monoisotopic (exact) mass is 735 g/mol. The quantitative estimate of drug-likeness (QED) is 0.164. The van der Waals surface area contributed by atoms with Crippen LogP contribution in [-0.2, 0) is 10.8 Å². The zero-order chi connectivity index (χ0) is 38.8. The van der Waals surface area contributed by atoms with Crippen LogP contribution in [0.3, 0.4) is 0 Å². The Bertz CT molecular complexity index is 2550. The summed E-state index contributed by atoms with van der Waals surface area (Å²) in [5.41, 5.74) is 25.8. The van der Waals surface area contributed by atoms with Gasteiger partial charge in [-0.2, -0.15) is 0 Å². The highest BCUT2D eigenvalue weighted by molar-refractivity contribution is 7.00. The third-order valence-corrected chi connectivity index (χ3v) is 16.8. The van der Waals surface area contributed by atoms with Gasteiger partial charge in [-0.25, -0.2) is 0 Å². The first kappa shape index (κ1) is 34.8. The summed E-state index contributed by atoms with van der Waals surface area (Å²) in [6, 6.07) is 29.4. The highest BCUT2D eigenvalue weighted by Crippen LogP contribution is 2.65. The molecule has 2 saturated carbocycles. The average molecular weight is 736 g/mol. The highest BCUT2D eigenvalue weighted by atomic mass is 15.3. The molecular weight excluding hydrogens is 677 g/mol. The van der Waals surface area contributed by atoms with E-state index in [1.807, 2.05) is 0 Å². The summed E-state index contributed by atoms with van der Waals surface area (Å²) in [5, 5.41) is 0. The molecule has 4 aliphatic heterocycles. The largest absolute Gasteiger partial charge is 0.335 e. The lowest BCUT2D eigenvalue weighted by atomic mass is 9.32. The molecule has 4 unspecified atom stereocenters. The molecule has 4 heterocycles. The van der Waals surface area contributed by atoms with Gasteiger partial charge < -0.3 is 14.7 Å². The Morgan fingerprint density at radius 2 is 1.07 bits per heavy atom. The van der Waals surface area contributed by atoms with Crippen LogP contribution in [0.15, 0.2) is 72.8 Å². The minimum Gasteiger partial charge on any atom is -0.335 e. The fourth-order valence-corrected chi connectivity index (χ4v) is 14.0. The summed E-state index contributed by atoms with van der Waals surface area (Å²) in [6.07, 6.45) is 10.0. The van der Waals surface area contributed by atoms with Gasteiger partial charge in [0.15, 0.2) is 0 Å². The molecule has 4 heteroatoms. The van der Waals surface area contributed by atoms with Crippen LogP contribution in [0, 0.1) is 41.5 Å². The molecule has 0 aromatic heterocycles. The van der Waals surface area contributed by atoms with Gasteiger partial charge in [0.1, 0.15) is 0 Å². The van der Waals surface area contributed by atoms with Gasteiger partial charge in [0.25, 0.3) is 6.71 Å². The Morgan fingerprint density at radius 3 is 1.79 bits per heavy atom. The Hall–Kier alpha value is -4.44. The molecule has 5 aromatic carbocycles. The number of aryl methyl sites for hydroxylation is 6. The lowest BCUT2D eigenvalue weighted by molar-refractivity contribution is 0.193. The Morgan fingerprint density at radius 1 is 0.464 bits per heavy atom. The smallest absolute Gasteiger partial charge is 0.252 e. The SMILES string of the molecule is Cc1ccc(N2c3ccc(C)cc3B3c4c2cc(N2c5cc(C)cc(C)c5C5(C)CCCCC25C)cc4N2c4c3c(C)cc(C)c4C3(C)CCCCC23C)cc1. The Kier molecular flexibility index (Phi) is 6.92. The van der Waals surface area contributed by atoms with Crippen LogP contribution < -0.4 is 31.1 Å². The Labute approximate surface area is 336 Å². The van der Waals surface area contributed by atoms with Crippen molar-refractivity contribution in [2.45, 2.75) is 143 Å². The van der Waals surface area contributed by atoms with Gasteiger partial charge in [-0.05, 0) is 162 Å². The van der Waals surface area contributed by atoms with E-state index in [9.17, 15) is 0 Å². The predicted molar refractivity (Wildman–Crippen MR) is 240 cm³/mol. The molecule has 0 radical (unpaired) electrons. The van der Waals surface area contributed by atoms with Gasteiger partial charge in [0.05, 0.1) is 11.1 Å². The van der Waals surface area contributed by atoms with Crippen LogP contribution in [0.25, 0.3) is 0 Å². The summed E-state index contributed by atoms with van der Waals surface area (Å²) < 4.78 is 0. The van der Waals surface area contributed by atoms with Crippen molar-refractivity contribution >= 4 is 62.9 Å². The fraction of sp³-hybridized carbons (Fsp3) is 0.423. The molecule has 2 fully saturated rings. The number of fused-ring (bicyclic) bond motifs is 10. The van der Waals surface area contributed by atoms with Crippen LogP contribution in [-0.4, -0.2) is 17.8 Å². The lowest BCUT2D eigenvalue weighted by Crippen LogP contribution is -2.65. The Balaban J connectivity index is 1.30. The maximum atomic E-state index is 2.95. The molecule has 0 bridgehead atoms. The van der Waals surface area contributed by atoms with Gasteiger partial charge >= 0.3 is 0 Å². The summed E-state index contributed by atoms with van der Waals surface area (Å²) >= 11 is 0. The first-order valence-electron chi connectivity index (χ1n) is 21.7. The predicted octanol–water partition coefficient (Wildman–Crippen LogP) is 11.6. The summed E-state index contributed by atoms with van der Waals surface area (Å²) in [5.74, 6) is 0. The number of anilines is 7. The van der Waals surface area contributed by atoms with Crippen LogP contribution in [0.4, 0.5) is 39.8 Å². The second-order valence-electron chi connectivity index (χ2n) is 20.0. The maximum Gasteiger partial charge on any atom is 0.252 e. The van der Waals surface area contributed by atoms with Crippen molar-refractivity contribution in [2.24, 2.45) is 0 Å². The van der Waals surface area contributed by atoms with E-state index in [0.29, 0.717) is 0 Å². The van der Waals surface area contributed by atoms with Gasteiger partial charge in [0, 0.05) is 50.6 Å². The van der Waals surface area contributed by atoms with Crippen molar-refractivity contribution in [3.63, 3.8) is 0 Å². The van der Waals surface area contributed by atoms with Gasteiger partial charge in [-0.15, -0.1) is 0 Å². The number of benzene rings is 5. The first-order valence-corrected chi connectivity index (χ1v) is 21.7. The van der Waals surface area contributed by atoms with Crippen molar-refractivity contribution in [1.82, 2.24) is 0 Å². The van der Waals surface area contributed by atoms with Crippen LogP contribution >= 0.6 is 0 Å². The number of nitrogens with zero attached hydrogens (tertiary/aromatic N) is 3. The first-order chi connectivity index (χ1) is 26.7. The van der Waals surface area contributed by atoms with Gasteiger partial charge in [-0.1, -0.05) is 92.6 Å². The van der Waals surface area contributed by atoms with Crippen molar-refractivity contribution in [3.05, 3.63) is 117 Å². The molecule has 0 spiro atoms. The standard InChI is InChI=1S/C52H58BN3/c1-31-15-18-37(19-16-31)54-40-20-17-32(2)26-39(40)53-46-36(6)28-35(5)45-48(46)56(52(10)24-14-12-22-50(45,52)8)43-30-38(29-42(54)47(43)53)55-41-27-33(3)25-34(4)44(41)49(7)21-11-13-23-51(49,55)9/h15-20,25-30H,11-14,21-24H2,1-10H3. The van der Waals surface area contributed by atoms with Crippen LogP contribution in [0.5, 0.6) is 0 Å². The lowest BCUT2D eigenvalue weighted by Gasteiger charge is -2.54. The second kappa shape index (κ2) is 11.1. The number of hydrogen-bond donors (Lipinski definition) is 0. The van der Waals surface area contributed by atoms with Crippen LogP contribution in [0.2, 0.25) is 0 Å². The summed E-state index contributed by atoms with van der Waals surface area (Å²) in [7, 11) is 0.